The maximum atomic E-state index is 11.4. The van der Waals surface area contributed by atoms with Crippen LogP contribution in [0, 0.1) is 0 Å². The lowest BCUT2D eigenvalue weighted by Gasteiger charge is -2.20. The van der Waals surface area contributed by atoms with Gasteiger partial charge < -0.3 is 15.2 Å². The summed E-state index contributed by atoms with van der Waals surface area (Å²) in [6.07, 6.45) is 4.93. The maximum absolute atomic E-state index is 11.4. The highest BCUT2D eigenvalue weighted by molar-refractivity contribution is 5.93. The minimum absolute atomic E-state index is 0.127. The molecule has 0 radical (unpaired) electrons. The van der Waals surface area contributed by atoms with Crippen molar-refractivity contribution in [3.8, 4) is 0 Å². The molecule has 0 amide bonds. The van der Waals surface area contributed by atoms with Crippen molar-refractivity contribution >= 4 is 11.8 Å². The van der Waals surface area contributed by atoms with Gasteiger partial charge in [0.1, 0.15) is 11.4 Å². The minimum Gasteiger partial charge on any atom is -0.478 e. The number of rotatable bonds is 6. The summed E-state index contributed by atoms with van der Waals surface area (Å²) in [6.45, 7) is 2.65. The number of fused-ring (bicyclic) bond motifs is 1. The van der Waals surface area contributed by atoms with E-state index in [2.05, 4.69) is 10.3 Å². The molecule has 1 unspecified atom stereocenters. The summed E-state index contributed by atoms with van der Waals surface area (Å²) >= 11 is 0. The smallest absolute Gasteiger partial charge is 0.339 e. The zero-order valence-corrected chi connectivity index (χ0v) is 12.1. The number of aromatic nitrogens is 1. The fourth-order valence-electron chi connectivity index (χ4n) is 2.51. The number of carboxylic acid groups (broad SMARTS) is 1. The fraction of sp³-hybridized carbons (Fsp3) is 0.600. The van der Waals surface area contributed by atoms with E-state index in [1.54, 1.807) is 13.2 Å². The molecule has 2 rings (SSSR count). The van der Waals surface area contributed by atoms with Crippen LogP contribution in [0.3, 0.4) is 0 Å². The number of hydrogen-bond acceptors (Lipinski definition) is 4. The van der Waals surface area contributed by atoms with E-state index < -0.39 is 5.97 Å². The van der Waals surface area contributed by atoms with Gasteiger partial charge in [-0.1, -0.05) is 0 Å². The summed E-state index contributed by atoms with van der Waals surface area (Å²) in [5, 5.41) is 12.6. The molecular weight excluding hydrogens is 256 g/mol. The Bertz CT molecular complexity index is 488. The Kier molecular flexibility index (Phi) is 4.95. The lowest BCUT2D eigenvalue weighted by atomic mass is 9.94. The normalized spacial score (nSPS) is 15.5. The topological polar surface area (TPSA) is 71.5 Å². The van der Waals surface area contributed by atoms with Crippen molar-refractivity contribution in [2.24, 2.45) is 0 Å². The van der Waals surface area contributed by atoms with E-state index >= 15 is 0 Å². The van der Waals surface area contributed by atoms with Crippen LogP contribution in [0.5, 0.6) is 0 Å². The summed E-state index contributed by atoms with van der Waals surface area (Å²) in [5.41, 5.74) is 2.40. The molecular formula is C15H22N2O3. The number of aromatic carboxylic acids is 1. The number of ether oxygens (including phenoxy) is 1. The van der Waals surface area contributed by atoms with Gasteiger partial charge in [0.05, 0.1) is 0 Å². The average Bonchev–Trinajstić information content (AvgIpc) is 2.44. The Morgan fingerprint density at radius 3 is 2.95 bits per heavy atom. The molecule has 1 aliphatic carbocycles. The molecule has 0 saturated heterocycles. The Morgan fingerprint density at radius 1 is 1.50 bits per heavy atom. The second kappa shape index (κ2) is 6.70. The summed E-state index contributed by atoms with van der Waals surface area (Å²) in [4.78, 5) is 15.9. The SMILES string of the molecule is COCCC(C)Nc1nc2c(cc1C(=O)O)CCCC2. The second-order valence-corrected chi connectivity index (χ2v) is 5.33. The van der Waals surface area contributed by atoms with Gasteiger partial charge >= 0.3 is 5.97 Å². The zero-order valence-electron chi connectivity index (χ0n) is 12.1. The molecule has 0 fully saturated rings. The molecule has 110 valence electrons. The molecule has 2 N–H and O–H groups in total. The lowest BCUT2D eigenvalue weighted by molar-refractivity contribution is 0.0697. The Balaban J connectivity index is 2.23. The van der Waals surface area contributed by atoms with E-state index in [0.29, 0.717) is 12.4 Å². The van der Waals surface area contributed by atoms with Gasteiger partial charge in [-0.2, -0.15) is 0 Å². The number of nitrogens with one attached hydrogen (secondary N) is 1. The van der Waals surface area contributed by atoms with Gasteiger partial charge in [-0.15, -0.1) is 0 Å². The fourth-order valence-corrected chi connectivity index (χ4v) is 2.51. The standard InChI is InChI=1S/C15H22N2O3/c1-10(7-8-20-2)16-14-12(15(18)19)9-11-5-3-4-6-13(11)17-14/h9-10H,3-8H2,1-2H3,(H,16,17)(H,18,19). The molecule has 0 saturated carbocycles. The Labute approximate surface area is 119 Å². The molecule has 1 atom stereocenters. The summed E-state index contributed by atoms with van der Waals surface area (Å²) in [6, 6.07) is 1.91. The number of nitrogens with zero attached hydrogens (tertiary/aromatic N) is 1. The molecule has 20 heavy (non-hydrogen) atoms. The van der Waals surface area contributed by atoms with Crippen LogP contribution in [-0.2, 0) is 17.6 Å². The molecule has 1 aliphatic rings. The first kappa shape index (κ1) is 14.8. The van der Waals surface area contributed by atoms with Crippen molar-refractivity contribution in [1.82, 2.24) is 4.98 Å². The van der Waals surface area contributed by atoms with E-state index in [1.807, 2.05) is 6.92 Å². The molecule has 1 aromatic rings. The summed E-state index contributed by atoms with van der Waals surface area (Å²) in [5.74, 6) is -0.436. The lowest BCUT2D eigenvalue weighted by Crippen LogP contribution is -2.21. The molecule has 0 aromatic carbocycles. The molecule has 1 aromatic heterocycles. The third kappa shape index (κ3) is 3.48. The first-order valence-electron chi connectivity index (χ1n) is 7.13. The first-order chi connectivity index (χ1) is 9.61. The van der Waals surface area contributed by atoms with Crippen molar-refractivity contribution in [2.45, 2.75) is 45.1 Å². The number of carbonyl (C=O) groups is 1. The third-order valence-corrected chi connectivity index (χ3v) is 3.67. The second-order valence-electron chi connectivity index (χ2n) is 5.33. The summed E-state index contributed by atoms with van der Waals surface area (Å²) < 4.78 is 5.04. The molecule has 5 heteroatoms. The predicted molar refractivity (Wildman–Crippen MR) is 77.4 cm³/mol. The van der Waals surface area contributed by atoms with Crippen molar-refractivity contribution < 1.29 is 14.6 Å². The number of hydrogen-bond donors (Lipinski definition) is 2. The summed E-state index contributed by atoms with van der Waals surface area (Å²) in [7, 11) is 1.66. The van der Waals surface area contributed by atoms with Crippen molar-refractivity contribution in [1.29, 1.82) is 0 Å². The van der Waals surface area contributed by atoms with Gasteiger partial charge in [-0.05, 0) is 50.7 Å². The van der Waals surface area contributed by atoms with Gasteiger partial charge in [-0.3, -0.25) is 0 Å². The van der Waals surface area contributed by atoms with Crippen LogP contribution < -0.4 is 5.32 Å². The molecule has 0 aliphatic heterocycles. The third-order valence-electron chi connectivity index (χ3n) is 3.67. The van der Waals surface area contributed by atoms with Crippen LogP contribution in [0.25, 0.3) is 0 Å². The van der Waals surface area contributed by atoms with Crippen molar-refractivity contribution in [3.05, 3.63) is 22.9 Å². The minimum atomic E-state index is -0.924. The Morgan fingerprint density at radius 2 is 2.25 bits per heavy atom. The van der Waals surface area contributed by atoms with Gasteiger partial charge in [0.15, 0.2) is 0 Å². The quantitative estimate of drug-likeness (QED) is 0.836. The van der Waals surface area contributed by atoms with Crippen LogP contribution in [0.1, 0.15) is 47.8 Å². The van der Waals surface area contributed by atoms with Gasteiger partial charge in [-0.25, -0.2) is 9.78 Å². The average molecular weight is 278 g/mol. The first-order valence-corrected chi connectivity index (χ1v) is 7.13. The highest BCUT2D eigenvalue weighted by atomic mass is 16.5. The van der Waals surface area contributed by atoms with E-state index in [4.69, 9.17) is 4.74 Å². The molecule has 1 heterocycles. The van der Waals surface area contributed by atoms with E-state index in [1.165, 1.54) is 0 Å². The number of aryl methyl sites for hydroxylation is 2. The van der Waals surface area contributed by atoms with E-state index in [9.17, 15) is 9.90 Å². The number of pyridine rings is 1. The van der Waals surface area contributed by atoms with Gasteiger partial charge in [0.2, 0.25) is 0 Å². The number of carboxylic acids is 1. The zero-order chi connectivity index (χ0) is 14.5. The van der Waals surface area contributed by atoms with Crippen LogP contribution in [0.4, 0.5) is 5.82 Å². The predicted octanol–water partition coefficient (Wildman–Crippen LogP) is 2.50. The van der Waals surface area contributed by atoms with Crippen LogP contribution in [0.15, 0.2) is 6.07 Å². The van der Waals surface area contributed by atoms with Crippen molar-refractivity contribution in [3.63, 3.8) is 0 Å². The van der Waals surface area contributed by atoms with Crippen LogP contribution >= 0.6 is 0 Å². The van der Waals surface area contributed by atoms with Crippen LogP contribution in [-0.4, -0.2) is 35.8 Å². The monoisotopic (exact) mass is 278 g/mol. The Hall–Kier alpha value is -1.62. The van der Waals surface area contributed by atoms with Crippen LogP contribution in [0.2, 0.25) is 0 Å². The number of anilines is 1. The highest BCUT2D eigenvalue weighted by Crippen LogP contribution is 2.25. The van der Waals surface area contributed by atoms with E-state index in [0.717, 1.165) is 43.4 Å². The van der Waals surface area contributed by atoms with Gasteiger partial charge in [0.25, 0.3) is 0 Å². The van der Waals surface area contributed by atoms with Gasteiger partial charge in [0, 0.05) is 25.5 Å². The maximum Gasteiger partial charge on any atom is 0.339 e. The number of methoxy groups -OCH3 is 1. The molecule has 5 nitrogen and oxygen atoms in total. The van der Waals surface area contributed by atoms with Crippen molar-refractivity contribution in [2.75, 3.05) is 19.0 Å². The molecule has 0 bridgehead atoms. The van der Waals surface area contributed by atoms with E-state index in [-0.39, 0.29) is 11.6 Å². The largest absolute Gasteiger partial charge is 0.478 e. The molecule has 0 spiro atoms. The highest BCUT2D eigenvalue weighted by Gasteiger charge is 2.19.